The summed E-state index contributed by atoms with van der Waals surface area (Å²) in [6, 6.07) is 0. The van der Waals surface area contributed by atoms with E-state index in [-0.39, 0.29) is 12.5 Å². The fraction of sp³-hybridized carbons (Fsp3) is 0.667. The molecule has 0 radical (unpaired) electrons. The summed E-state index contributed by atoms with van der Waals surface area (Å²) < 4.78 is 0. The van der Waals surface area contributed by atoms with Gasteiger partial charge in [0.15, 0.2) is 0 Å². The molecular formula is C6H13N3O2. The Hall–Kier alpha value is -1.10. The molecule has 11 heavy (non-hydrogen) atoms. The first-order valence-corrected chi connectivity index (χ1v) is 3.36. The highest BCUT2D eigenvalue weighted by Gasteiger charge is 1.97. The minimum Gasteiger partial charge on any atom is -0.369 e. The predicted octanol–water partition coefficient (Wildman–Crippen LogP) is -1.80. The van der Waals surface area contributed by atoms with Crippen molar-refractivity contribution in [2.75, 3.05) is 20.1 Å². The number of hydrogen-bond acceptors (Lipinski definition) is 3. The maximum atomic E-state index is 10.6. The molecule has 5 heteroatoms. The first-order valence-electron chi connectivity index (χ1n) is 3.36. The van der Waals surface area contributed by atoms with Gasteiger partial charge in [0.2, 0.25) is 11.8 Å². The van der Waals surface area contributed by atoms with Crippen LogP contribution in [0, 0.1) is 0 Å². The highest BCUT2D eigenvalue weighted by molar-refractivity contribution is 5.77. The van der Waals surface area contributed by atoms with Crippen LogP contribution in [0.4, 0.5) is 0 Å². The van der Waals surface area contributed by atoms with E-state index in [1.54, 1.807) is 7.05 Å². The zero-order valence-corrected chi connectivity index (χ0v) is 6.52. The summed E-state index contributed by atoms with van der Waals surface area (Å²) in [5, 5.41) is 5.17. The summed E-state index contributed by atoms with van der Waals surface area (Å²) in [7, 11) is 1.57. The van der Waals surface area contributed by atoms with Gasteiger partial charge in [-0.15, -0.1) is 0 Å². The van der Waals surface area contributed by atoms with Gasteiger partial charge < -0.3 is 16.4 Å². The molecular weight excluding hydrogens is 146 g/mol. The third-order valence-corrected chi connectivity index (χ3v) is 1.11. The number of rotatable bonds is 5. The van der Waals surface area contributed by atoms with Gasteiger partial charge in [0.1, 0.15) is 0 Å². The van der Waals surface area contributed by atoms with Crippen molar-refractivity contribution in [2.24, 2.45) is 5.73 Å². The maximum absolute atomic E-state index is 10.6. The first kappa shape index (κ1) is 9.90. The number of nitrogens with one attached hydrogen (secondary N) is 2. The molecule has 0 spiro atoms. The lowest BCUT2D eigenvalue weighted by molar-refractivity contribution is -0.121. The maximum Gasteiger partial charge on any atom is 0.231 e. The van der Waals surface area contributed by atoms with Crippen LogP contribution in [0.25, 0.3) is 0 Å². The molecule has 0 aliphatic rings. The van der Waals surface area contributed by atoms with Crippen LogP contribution in [0.5, 0.6) is 0 Å². The van der Waals surface area contributed by atoms with Crippen molar-refractivity contribution in [2.45, 2.75) is 6.42 Å². The molecule has 0 saturated heterocycles. The van der Waals surface area contributed by atoms with E-state index < -0.39 is 5.91 Å². The molecule has 0 rings (SSSR count). The molecule has 0 atom stereocenters. The molecule has 2 amide bonds. The summed E-state index contributed by atoms with van der Waals surface area (Å²) in [5.74, 6) is -0.469. The average Bonchev–Trinajstić information content (AvgIpc) is 1.97. The van der Waals surface area contributed by atoms with Gasteiger partial charge >= 0.3 is 0 Å². The molecule has 0 fully saturated rings. The van der Waals surface area contributed by atoms with E-state index in [0.29, 0.717) is 13.0 Å². The molecule has 64 valence electrons. The third kappa shape index (κ3) is 6.79. The molecule has 0 aromatic rings. The van der Waals surface area contributed by atoms with Crippen molar-refractivity contribution in [1.29, 1.82) is 0 Å². The number of amides is 2. The number of carbonyl (C=O) groups excluding carboxylic acids is 2. The molecule has 4 N–H and O–H groups in total. The van der Waals surface area contributed by atoms with Gasteiger partial charge in [0.05, 0.1) is 6.54 Å². The van der Waals surface area contributed by atoms with Crippen LogP contribution in [0.15, 0.2) is 0 Å². The lowest BCUT2D eigenvalue weighted by Crippen LogP contribution is -2.31. The standard InChI is InChI=1S/C6H13N3O2/c1-8-6(11)2-3-9-4-5(7)10/h9H,2-4H2,1H3,(H2,7,10)(H,8,11). The summed E-state index contributed by atoms with van der Waals surface area (Å²) in [6.45, 7) is 0.597. The predicted molar refractivity (Wildman–Crippen MR) is 40.7 cm³/mol. The van der Waals surface area contributed by atoms with Gasteiger partial charge in [-0.05, 0) is 0 Å². The minimum absolute atomic E-state index is 0.0537. The highest BCUT2D eigenvalue weighted by Crippen LogP contribution is 1.73. The van der Waals surface area contributed by atoms with E-state index in [4.69, 9.17) is 5.73 Å². The molecule has 0 aliphatic carbocycles. The normalized spacial score (nSPS) is 9.18. The van der Waals surface area contributed by atoms with Gasteiger partial charge in [-0.2, -0.15) is 0 Å². The Balaban J connectivity index is 3.14. The highest BCUT2D eigenvalue weighted by atomic mass is 16.2. The van der Waals surface area contributed by atoms with E-state index >= 15 is 0 Å². The second-order valence-corrected chi connectivity index (χ2v) is 2.07. The molecule has 0 bridgehead atoms. The smallest absolute Gasteiger partial charge is 0.231 e. The number of carbonyl (C=O) groups is 2. The second kappa shape index (κ2) is 5.67. The molecule has 0 heterocycles. The van der Waals surface area contributed by atoms with Crippen molar-refractivity contribution in [3.63, 3.8) is 0 Å². The van der Waals surface area contributed by atoms with Gasteiger partial charge in [-0.3, -0.25) is 9.59 Å². The molecule has 0 unspecified atom stereocenters. The van der Waals surface area contributed by atoms with Crippen molar-refractivity contribution < 1.29 is 9.59 Å². The Labute approximate surface area is 65.3 Å². The SMILES string of the molecule is CNC(=O)CCNCC(N)=O. The van der Waals surface area contributed by atoms with E-state index in [1.807, 2.05) is 0 Å². The summed E-state index contributed by atoms with van der Waals surface area (Å²) in [5.41, 5.74) is 4.84. The second-order valence-electron chi connectivity index (χ2n) is 2.07. The lowest BCUT2D eigenvalue weighted by atomic mass is 10.4. The largest absolute Gasteiger partial charge is 0.369 e. The summed E-state index contributed by atoms with van der Waals surface area (Å²) >= 11 is 0. The van der Waals surface area contributed by atoms with E-state index in [9.17, 15) is 9.59 Å². The Morgan fingerprint density at radius 2 is 2.09 bits per heavy atom. The van der Waals surface area contributed by atoms with Crippen LogP contribution in [0.2, 0.25) is 0 Å². The minimum atomic E-state index is -0.415. The molecule has 5 nitrogen and oxygen atoms in total. The Bertz CT molecular complexity index is 147. The van der Waals surface area contributed by atoms with E-state index in [2.05, 4.69) is 10.6 Å². The molecule has 0 saturated carbocycles. The first-order chi connectivity index (χ1) is 5.16. The third-order valence-electron chi connectivity index (χ3n) is 1.11. The van der Waals surface area contributed by atoms with Gasteiger partial charge in [-0.1, -0.05) is 0 Å². The molecule has 0 aromatic carbocycles. The van der Waals surface area contributed by atoms with Crippen LogP contribution in [-0.4, -0.2) is 32.0 Å². The monoisotopic (exact) mass is 159 g/mol. The summed E-state index contributed by atoms with van der Waals surface area (Å²) in [4.78, 5) is 20.8. The topological polar surface area (TPSA) is 84.2 Å². The van der Waals surface area contributed by atoms with E-state index in [1.165, 1.54) is 0 Å². The fourth-order valence-corrected chi connectivity index (χ4v) is 0.539. The van der Waals surface area contributed by atoms with Gasteiger partial charge in [-0.25, -0.2) is 0 Å². The van der Waals surface area contributed by atoms with Crippen LogP contribution in [0.3, 0.4) is 0 Å². The Morgan fingerprint density at radius 3 is 2.55 bits per heavy atom. The van der Waals surface area contributed by atoms with Crippen LogP contribution < -0.4 is 16.4 Å². The lowest BCUT2D eigenvalue weighted by Gasteiger charge is -2.00. The number of primary amides is 1. The summed E-state index contributed by atoms with van der Waals surface area (Å²) in [6.07, 6.45) is 0.365. The zero-order chi connectivity index (χ0) is 8.69. The van der Waals surface area contributed by atoms with Crippen molar-refractivity contribution in [3.05, 3.63) is 0 Å². The molecule has 0 aromatic heterocycles. The van der Waals surface area contributed by atoms with Crippen LogP contribution in [0.1, 0.15) is 6.42 Å². The Kier molecular flexibility index (Phi) is 5.10. The van der Waals surface area contributed by atoms with Crippen LogP contribution >= 0.6 is 0 Å². The number of nitrogens with two attached hydrogens (primary N) is 1. The molecule has 0 aliphatic heterocycles. The fourth-order valence-electron chi connectivity index (χ4n) is 0.539. The quantitative estimate of drug-likeness (QED) is 0.414. The van der Waals surface area contributed by atoms with Gasteiger partial charge in [0.25, 0.3) is 0 Å². The Morgan fingerprint density at radius 1 is 1.45 bits per heavy atom. The zero-order valence-electron chi connectivity index (χ0n) is 6.52. The van der Waals surface area contributed by atoms with Crippen molar-refractivity contribution >= 4 is 11.8 Å². The van der Waals surface area contributed by atoms with Crippen LogP contribution in [-0.2, 0) is 9.59 Å². The van der Waals surface area contributed by atoms with Gasteiger partial charge in [0, 0.05) is 20.0 Å². The van der Waals surface area contributed by atoms with Crippen molar-refractivity contribution in [3.8, 4) is 0 Å². The average molecular weight is 159 g/mol. The number of hydrogen-bond donors (Lipinski definition) is 3. The van der Waals surface area contributed by atoms with E-state index in [0.717, 1.165) is 0 Å². The van der Waals surface area contributed by atoms with Crippen molar-refractivity contribution in [1.82, 2.24) is 10.6 Å².